The van der Waals surface area contributed by atoms with Gasteiger partial charge in [-0.25, -0.2) is 4.39 Å². The van der Waals surface area contributed by atoms with Crippen molar-refractivity contribution in [2.24, 2.45) is 0 Å². The van der Waals surface area contributed by atoms with Crippen LogP contribution in [0.2, 0.25) is 0 Å². The molecule has 0 aromatic heterocycles. The lowest BCUT2D eigenvalue weighted by atomic mass is 10.0. The summed E-state index contributed by atoms with van der Waals surface area (Å²) in [7, 11) is 0. The largest absolute Gasteiger partial charge is 0.545 e. The fourth-order valence-corrected chi connectivity index (χ4v) is 1.63. The molecule has 2 aromatic carbocycles. The van der Waals surface area contributed by atoms with Gasteiger partial charge in [0, 0.05) is 5.56 Å². The van der Waals surface area contributed by atoms with Crippen molar-refractivity contribution in [3.63, 3.8) is 0 Å². The van der Waals surface area contributed by atoms with Crippen LogP contribution in [-0.4, -0.2) is 5.97 Å². The minimum Gasteiger partial charge on any atom is -0.545 e. The molecule has 0 saturated heterocycles. The first kappa shape index (κ1) is 11.8. The van der Waals surface area contributed by atoms with Gasteiger partial charge in [-0.05, 0) is 35.4 Å². The highest BCUT2D eigenvalue weighted by atomic mass is 19.1. The number of carboxylic acids is 1. The highest BCUT2D eigenvalue weighted by Gasteiger charge is 2.06. The molecule has 4 heteroatoms. The molecule has 0 N–H and O–H groups in total. The van der Waals surface area contributed by atoms with Crippen molar-refractivity contribution in [1.29, 1.82) is 5.26 Å². The fourth-order valence-electron chi connectivity index (χ4n) is 1.63. The molecule has 0 heterocycles. The number of carboxylic acid groups (broad SMARTS) is 1. The van der Waals surface area contributed by atoms with Crippen LogP contribution in [0.5, 0.6) is 0 Å². The van der Waals surface area contributed by atoms with E-state index >= 15 is 0 Å². The molecule has 2 aromatic rings. The molecule has 0 aliphatic rings. The first-order chi connectivity index (χ1) is 8.61. The van der Waals surface area contributed by atoms with Gasteiger partial charge in [0.15, 0.2) is 0 Å². The molecule has 0 aliphatic carbocycles. The number of carbonyl (C=O) groups is 1. The molecule has 0 radical (unpaired) electrons. The summed E-state index contributed by atoms with van der Waals surface area (Å²) in [4.78, 5) is 10.7. The summed E-state index contributed by atoms with van der Waals surface area (Å²) in [5.41, 5.74) is 1.13. The Morgan fingerprint density at radius 1 is 1.17 bits per heavy atom. The quantitative estimate of drug-likeness (QED) is 0.802. The molecule has 0 saturated carbocycles. The second kappa shape index (κ2) is 4.68. The van der Waals surface area contributed by atoms with Crippen LogP contribution in [0.25, 0.3) is 11.1 Å². The summed E-state index contributed by atoms with van der Waals surface area (Å²) in [6.45, 7) is 0. The Hall–Kier alpha value is -2.67. The average Bonchev–Trinajstić information content (AvgIpc) is 2.39. The van der Waals surface area contributed by atoms with E-state index in [0.29, 0.717) is 16.7 Å². The lowest BCUT2D eigenvalue weighted by Gasteiger charge is -2.08. The van der Waals surface area contributed by atoms with E-state index in [1.165, 1.54) is 12.1 Å². The number of aromatic carboxylic acids is 1. The average molecular weight is 240 g/mol. The van der Waals surface area contributed by atoms with Crippen molar-refractivity contribution >= 4 is 5.97 Å². The van der Waals surface area contributed by atoms with Crippen molar-refractivity contribution in [1.82, 2.24) is 0 Å². The number of carbonyl (C=O) groups excluding carboxylic acids is 1. The van der Waals surface area contributed by atoms with E-state index in [1.807, 2.05) is 6.07 Å². The summed E-state index contributed by atoms with van der Waals surface area (Å²) in [5, 5.41) is 19.5. The summed E-state index contributed by atoms with van der Waals surface area (Å²) in [5.74, 6) is -2.40. The molecule has 0 aliphatic heterocycles. The van der Waals surface area contributed by atoms with Crippen molar-refractivity contribution < 1.29 is 14.3 Å². The lowest BCUT2D eigenvalue weighted by Crippen LogP contribution is -2.23. The summed E-state index contributed by atoms with van der Waals surface area (Å²) < 4.78 is 13.2. The predicted octanol–water partition coefficient (Wildman–Crippen LogP) is 1.73. The highest BCUT2D eigenvalue weighted by Crippen LogP contribution is 2.22. The minimum atomic E-state index is -1.56. The third-order valence-corrected chi connectivity index (χ3v) is 2.51. The maximum Gasteiger partial charge on any atom is 0.132 e. The van der Waals surface area contributed by atoms with Gasteiger partial charge in [0.1, 0.15) is 5.82 Å². The third kappa shape index (κ3) is 2.20. The second-order valence-electron chi connectivity index (χ2n) is 3.67. The Kier molecular flexibility index (Phi) is 3.07. The van der Waals surface area contributed by atoms with Crippen molar-refractivity contribution in [2.45, 2.75) is 0 Å². The molecule has 0 spiro atoms. The molecule has 0 amide bonds. The van der Waals surface area contributed by atoms with E-state index < -0.39 is 17.3 Å². The second-order valence-corrected chi connectivity index (χ2v) is 3.67. The monoisotopic (exact) mass is 240 g/mol. The van der Waals surface area contributed by atoms with Crippen LogP contribution in [0.4, 0.5) is 4.39 Å². The van der Waals surface area contributed by atoms with Crippen LogP contribution in [-0.2, 0) is 0 Å². The van der Waals surface area contributed by atoms with E-state index in [9.17, 15) is 14.3 Å². The van der Waals surface area contributed by atoms with Crippen LogP contribution in [0.3, 0.4) is 0 Å². The SMILES string of the molecule is N#Cc1cccc(-c2ccc(F)c(C(=O)[O-])c2)c1. The normalized spacial score (nSPS) is 9.78. The highest BCUT2D eigenvalue weighted by molar-refractivity contribution is 5.88. The minimum absolute atomic E-state index is 0.451. The zero-order valence-corrected chi connectivity index (χ0v) is 9.18. The standard InChI is InChI=1S/C14H8FNO2/c15-13-5-4-11(7-12(13)14(17)18)10-3-1-2-9(6-10)8-16/h1-7H,(H,17,18)/p-1. The van der Waals surface area contributed by atoms with Crippen LogP contribution >= 0.6 is 0 Å². The number of rotatable bonds is 2. The van der Waals surface area contributed by atoms with Crippen molar-refractivity contribution in [2.75, 3.05) is 0 Å². The van der Waals surface area contributed by atoms with E-state index in [4.69, 9.17) is 5.26 Å². The Balaban J connectivity index is 2.54. The van der Waals surface area contributed by atoms with Gasteiger partial charge in [-0.15, -0.1) is 0 Å². The molecule has 18 heavy (non-hydrogen) atoms. The number of hydrogen-bond acceptors (Lipinski definition) is 3. The predicted molar refractivity (Wildman–Crippen MR) is 60.9 cm³/mol. The van der Waals surface area contributed by atoms with Gasteiger partial charge in [0.05, 0.1) is 17.6 Å². The molecular formula is C14H7FNO2-. The molecule has 0 unspecified atom stereocenters. The summed E-state index contributed by atoms with van der Waals surface area (Å²) in [6.07, 6.45) is 0. The fraction of sp³-hybridized carbons (Fsp3) is 0. The van der Waals surface area contributed by atoms with Gasteiger partial charge < -0.3 is 9.90 Å². The first-order valence-electron chi connectivity index (χ1n) is 5.13. The molecule has 3 nitrogen and oxygen atoms in total. The van der Waals surface area contributed by atoms with Gasteiger partial charge in [-0.3, -0.25) is 0 Å². The summed E-state index contributed by atoms with van der Waals surface area (Å²) >= 11 is 0. The van der Waals surface area contributed by atoms with Gasteiger partial charge in [-0.1, -0.05) is 18.2 Å². The Bertz CT molecular complexity index is 659. The van der Waals surface area contributed by atoms with Gasteiger partial charge >= 0.3 is 0 Å². The molecule has 2 rings (SSSR count). The maximum atomic E-state index is 13.2. The summed E-state index contributed by atoms with van der Waals surface area (Å²) in [6, 6.07) is 12.3. The topological polar surface area (TPSA) is 63.9 Å². The van der Waals surface area contributed by atoms with Crippen LogP contribution in [0.1, 0.15) is 15.9 Å². The van der Waals surface area contributed by atoms with Gasteiger partial charge in [0.2, 0.25) is 0 Å². The number of nitriles is 1. The number of hydrogen-bond donors (Lipinski definition) is 0. The Morgan fingerprint density at radius 3 is 2.56 bits per heavy atom. The van der Waals surface area contributed by atoms with E-state index in [-0.39, 0.29) is 0 Å². The van der Waals surface area contributed by atoms with E-state index in [1.54, 1.807) is 24.3 Å². The van der Waals surface area contributed by atoms with Crippen molar-refractivity contribution in [3.05, 3.63) is 59.4 Å². The zero-order chi connectivity index (χ0) is 13.1. The Morgan fingerprint density at radius 2 is 1.89 bits per heavy atom. The lowest BCUT2D eigenvalue weighted by molar-refractivity contribution is -0.255. The van der Waals surface area contributed by atoms with Crippen molar-refractivity contribution in [3.8, 4) is 17.2 Å². The molecule has 88 valence electrons. The first-order valence-corrected chi connectivity index (χ1v) is 5.13. The van der Waals surface area contributed by atoms with Gasteiger partial charge in [0.25, 0.3) is 0 Å². The molecular weight excluding hydrogens is 233 g/mol. The Labute approximate surface area is 103 Å². The number of nitrogens with zero attached hydrogens (tertiary/aromatic N) is 1. The van der Waals surface area contributed by atoms with Crippen LogP contribution in [0, 0.1) is 17.1 Å². The molecule has 0 bridgehead atoms. The maximum absolute atomic E-state index is 13.2. The van der Waals surface area contributed by atoms with E-state index in [2.05, 4.69) is 0 Å². The van der Waals surface area contributed by atoms with Gasteiger partial charge in [-0.2, -0.15) is 5.26 Å². The van der Waals surface area contributed by atoms with Crippen LogP contribution in [0.15, 0.2) is 42.5 Å². The third-order valence-electron chi connectivity index (χ3n) is 2.51. The number of halogens is 1. The van der Waals surface area contributed by atoms with Crippen LogP contribution < -0.4 is 5.11 Å². The van der Waals surface area contributed by atoms with E-state index in [0.717, 1.165) is 6.07 Å². The zero-order valence-electron chi connectivity index (χ0n) is 9.18. The molecule has 0 atom stereocenters. The smallest absolute Gasteiger partial charge is 0.132 e. The number of benzene rings is 2. The molecule has 0 fully saturated rings.